The average molecular weight is 423 g/mol. The standard InChI is InChI=1S/C25H30N2O4/c28-24(19-31-22-8-2-1-3-9-22)27-16-6-7-20(17-27)18-30-23-12-10-21(11-13-23)25(29)26-14-4-5-15-26/h1-3,8-13,20H,4-7,14-19H2/t20-/m0/s1. The van der Waals surface area contributed by atoms with Crippen LogP contribution in [0.2, 0.25) is 0 Å². The number of piperidine rings is 1. The van der Waals surface area contributed by atoms with Crippen LogP contribution in [-0.4, -0.2) is 61.0 Å². The zero-order valence-electron chi connectivity index (χ0n) is 17.9. The van der Waals surface area contributed by atoms with Gasteiger partial charge in [0.1, 0.15) is 11.5 Å². The van der Waals surface area contributed by atoms with Crippen molar-refractivity contribution < 1.29 is 19.1 Å². The summed E-state index contributed by atoms with van der Waals surface area (Å²) in [6.07, 6.45) is 4.18. The summed E-state index contributed by atoms with van der Waals surface area (Å²) in [6.45, 7) is 3.77. The Labute approximate surface area is 183 Å². The molecule has 0 unspecified atom stereocenters. The molecule has 0 spiro atoms. The molecule has 2 fully saturated rings. The Hall–Kier alpha value is -3.02. The van der Waals surface area contributed by atoms with Crippen LogP contribution >= 0.6 is 0 Å². The fourth-order valence-electron chi connectivity index (χ4n) is 4.19. The summed E-state index contributed by atoms with van der Waals surface area (Å²) in [4.78, 5) is 28.8. The molecule has 4 rings (SSSR count). The smallest absolute Gasteiger partial charge is 0.260 e. The Morgan fingerprint density at radius 1 is 0.806 bits per heavy atom. The topological polar surface area (TPSA) is 59.1 Å². The summed E-state index contributed by atoms with van der Waals surface area (Å²) >= 11 is 0. The molecule has 6 nitrogen and oxygen atoms in total. The highest BCUT2D eigenvalue weighted by atomic mass is 16.5. The van der Waals surface area contributed by atoms with Gasteiger partial charge in [-0.1, -0.05) is 18.2 Å². The molecule has 2 saturated heterocycles. The first-order valence-electron chi connectivity index (χ1n) is 11.2. The van der Waals surface area contributed by atoms with E-state index in [1.165, 1.54) is 0 Å². The van der Waals surface area contributed by atoms with Crippen molar-refractivity contribution in [2.24, 2.45) is 5.92 Å². The highest BCUT2D eigenvalue weighted by Crippen LogP contribution is 2.21. The van der Waals surface area contributed by atoms with Gasteiger partial charge >= 0.3 is 0 Å². The Bertz CT molecular complexity index is 863. The fourth-order valence-corrected chi connectivity index (χ4v) is 4.19. The molecule has 2 aromatic rings. The van der Waals surface area contributed by atoms with E-state index < -0.39 is 0 Å². The Morgan fingerprint density at radius 2 is 1.48 bits per heavy atom. The predicted octanol–water partition coefficient (Wildman–Crippen LogP) is 3.62. The Morgan fingerprint density at radius 3 is 2.23 bits per heavy atom. The van der Waals surface area contributed by atoms with E-state index in [0.717, 1.165) is 51.1 Å². The van der Waals surface area contributed by atoms with Crippen LogP contribution in [0.5, 0.6) is 11.5 Å². The second-order valence-corrected chi connectivity index (χ2v) is 8.28. The highest BCUT2D eigenvalue weighted by molar-refractivity contribution is 5.94. The number of carbonyl (C=O) groups is 2. The molecule has 2 aliphatic rings. The summed E-state index contributed by atoms with van der Waals surface area (Å²) in [7, 11) is 0. The van der Waals surface area contributed by atoms with E-state index in [9.17, 15) is 9.59 Å². The van der Waals surface area contributed by atoms with Crippen molar-refractivity contribution in [1.82, 2.24) is 9.80 Å². The molecule has 0 saturated carbocycles. The summed E-state index contributed by atoms with van der Waals surface area (Å²) in [5.41, 5.74) is 0.710. The Kier molecular flexibility index (Phi) is 7.07. The molecule has 0 bridgehead atoms. The van der Waals surface area contributed by atoms with Crippen LogP contribution in [0.1, 0.15) is 36.0 Å². The van der Waals surface area contributed by atoms with Gasteiger partial charge in [-0.25, -0.2) is 0 Å². The van der Waals surface area contributed by atoms with Gasteiger partial charge in [0.2, 0.25) is 0 Å². The second kappa shape index (κ2) is 10.3. The second-order valence-electron chi connectivity index (χ2n) is 8.28. The molecular formula is C25H30N2O4. The van der Waals surface area contributed by atoms with E-state index in [1.807, 2.05) is 64.4 Å². The van der Waals surface area contributed by atoms with E-state index in [0.29, 0.717) is 30.4 Å². The molecule has 0 N–H and O–H groups in total. The molecule has 2 amide bonds. The molecule has 2 aromatic carbocycles. The number of ether oxygens (including phenoxy) is 2. The van der Waals surface area contributed by atoms with Crippen LogP contribution in [0, 0.1) is 5.92 Å². The number of hydrogen-bond donors (Lipinski definition) is 0. The number of likely N-dealkylation sites (tertiary alicyclic amines) is 2. The largest absolute Gasteiger partial charge is 0.493 e. The molecule has 2 aliphatic heterocycles. The first-order valence-corrected chi connectivity index (χ1v) is 11.2. The van der Waals surface area contributed by atoms with Crippen molar-refractivity contribution in [2.45, 2.75) is 25.7 Å². The molecule has 1 atom stereocenters. The van der Waals surface area contributed by atoms with Gasteiger partial charge in [-0.3, -0.25) is 9.59 Å². The van der Waals surface area contributed by atoms with Crippen LogP contribution in [0.3, 0.4) is 0 Å². The molecule has 0 radical (unpaired) electrons. The first kappa shape index (κ1) is 21.2. The van der Waals surface area contributed by atoms with Gasteiger partial charge in [-0.15, -0.1) is 0 Å². The lowest BCUT2D eigenvalue weighted by Crippen LogP contribution is -2.43. The third-order valence-corrected chi connectivity index (χ3v) is 5.96. The number of rotatable bonds is 7. The number of carbonyl (C=O) groups excluding carboxylic acids is 2. The lowest BCUT2D eigenvalue weighted by atomic mass is 9.99. The van der Waals surface area contributed by atoms with Crippen LogP contribution in [0.4, 0.5) is 0 Å². The minimum Gasteiger partial charge on any atom is -0.493 e. The van der Waals surface area contributed by atoms with Crippen molar-refractivity contribution in [3.63, 3.8) is 0 Å². The molecule has 164 valence electrons. The minimum absolute atomic E-state index is 0.0123. The fraction of sp³-hybridized carbons (Fsp3) is 0.440. The van der Waals surface area contributed by atoms with E-state index >= 15 is 0 Å². The number of nitrogens with zero attached hydrogens (tertiary/aromatic N) is 2. The summed E-state index contributed by atoms with van der Waals surface area (Å²) in [5, 5.41) is 0. The zero-order valence-corrected chi connectivity index (χ0v) is 17.9. The zero-order chi connectivity index (χ0) is 21.5. The monoisotopic (exact) mass is 422 g/mol. The van der Waals surface area contributed by atoms with E-state index in [2.05, 4.69) is 0 Å². The molecule has 2 heterocycles. The molecule has 0 aromatic heterocycles. The third kappa shape index (κ3) is 5.78. The summed E-state index contributed by atoms with van der Waals surface area (Å²) < 4.78 is 11.6. The van der Waals surface area contributed by atoms with Gasteiger partial charge in [0, 0.05) is 37.7 Å². The van der Waals surface area contributed by atoms with Crippen LogP contribution in [-0.2, 0) is 4.79 Å². The van der Waals surface area contributed by atoms with Gasteiger partial charge in [0.25, 0.3) is 11.8 Å². The van der Waals surface area contributed by atoms with Crippen LogP contribution < -0.4 is 9.47 Å². The maximum absolute atomic E-state index is 12.5. The van der Waals surface area contributed by atoms with Gasteiger partial charge in [0.05, 0.1) is 6.61 Å². The van der Waals surface area contributed by atoms with Gasteiger partial charge in [-0.2, -0.15) is 0 Å². The van der Waals surface area contributed by atoms with Gasteiger partial charge < -0.3 is 19.3 Å². The van der Waals surface area contributed by atoms with E-state index in [4.69, 9.17) is 9.47 Å². The third-order valence-electron chi connectivity index (χ3n) is 5.96. The van der Waals surface area contributed by atoms with E-state index in [1.54, 1.807) is 0 Å². The quantitative estimate of drug-likeness (QED) is 0.684. The van der Waals surface area contributed by atoms with Crippen LogP contribution in [0.15, 0.2) is 54.6 Å². The number of para-hydroxylation sites is 1. The Balaban J connectivity index is 1.23. The van der Waals surface area contributed by atoms with Gasteiger partial charge in [-0.05, 0) is 62.1 Å². The first-order chi connectivity index (χ1) is 15.2. The maximum Gasteiger partial charge on any atom is 0.260 e. The average Bonchev–Trinajstić information content (AvgIpc) is 3.37. The molecule has 31 heavy (non-hydrogen) atoms. The van der Waals surface area contributed by atoms with Crippen molar-refractivity contribution in [3.8, 4) is 11.5 Å². The summed E-state index contributed by atoms with van der Waals surface area (Å²) in [6, 6.07) is 16.8. The lowest BCUT2D eigenvalue weighted by Gasteiger charge is -2.32. The van der Waals surface area contributed by atoms with Crippen molar-refractivity contribution in [3.05, 3.63) is 60.2 Å². The van der Waals surface area contributed by atoms with Crippen molar-refractivity contribution >= 4 is 11.8 Å². The SMILES string of the molecule is O=C(COc1ccccc1)N1CCC[C@H](COc2ccc(C(=O)N3CCCC3)cc2)C1. The number of hydrogen-bond acceptors (Lipinski definition) is 4. The predicted molar refractivity (Wildman–Crippen MR) is 118 cm³/mol. The van der Waals surface area contributed by atoms with Gasteiger partial charge in [0.15, 0.2) is 6.61 Å². The molecule has 6 heteroatoms. The van der Waals surface area contributed by atoms with Crippen molar-refractivity contribution in [1.29, 1.82) is 0 Å². The normalized spacial score (nSPS) is 18.6. The van der Waals surface area contributed by atoms with Crippen LogP contribution in [0.25, 0.3) is 0 Å². The molecular weight excluding hydrogens is 392 g/mol. The van der Waals surface area contributed by atoms with E-state index in [-0.39, 0.29) is 18.4 Å². The minimum atomic E-state index is 0.0123. The number of benzene rings is 2. The van der Waals surface area contributed by atoms with Crippen molar-refractivity contribution in [2.75, 3.05) is 39.4 Å². The maximum atomic E-state index is 12.5. The lowest BCUT2D eigenvalue weighted by molar-refractivity contribution is -0.135. The highest BCUT2D eigenvalue weighted by Gasteiger charge is 2.24. The summed E-state index contributed by atoms with van der Waals surface area (Å²) in [5.74, 6) is 1.87. The molecule has 0 aliphatic carbocycles. The number of amides is 2.